The molecule has 110 valence electrons. The molecule has 1 aliphatic carbocycles. The molecule has 1 amide bonds. The van der Waals surface area contributed by atoms with Gasteiger partial charge < -0.3 is 10.1 Å². The molecule has 21 heavy (non-hydrogen) atoms. The molecule has 1 atom stereocenters. The molecule has 2 heterocycles. The van der Waals surface area contributed by atoms with Gasteiger partial charge in [0.2, 0.25) is 0 Å². The summed E-state index contributed by atoms with van der Waals surface area (Å²) in [6, 6.07) is 8.09. The van der Waals surface area contributed by atoms with E-state index in [4.69, 9.17) is 4.74 Å². The van der Waals surface area contributed by atoms with Crippen LogP contribution in [0.4, 0.5) is 0 Å². The topological polar surface area (TPSA) is 38.3 Å². The molecule has 1 aliphatic heterocycles. The Balaban J connectivity index is 1.40. The number of carbonyl (C=O) groups excluding carboxylic acids is 1. The summed E-state index contributed by atoms with van der Waals surface area (Å²) in [5.41, 5.74) is 1.29. The lowest BCUT2D eigenvalue weighted by Crippen LogP contribution is -2.28. The molecule has 2 aliphatic rings. The molecule has 1 unspecified atom stereocenters. The summed E-state index contributed by atoms with van der Waals surface area (Å²) in [6.45, 7) is 2.59. The summed E-state index contributed by atoms with van der Waals surface area (Å²) in [5, 5.41) is 6.17. The van der Waals surface area contributed by atoms with E-state index in [0.29, 0.717) is 11.3 Å². The molecular weight excluding hydrogens is 282 g/mol. The molecule has 4 rings (SSSR count). The number of ether oxygens (including phenoxy) is 1. The van der Waals surface area contributed by atoms with E-state index in [1.54, 1.807) is 11.3 Å². The van der Waals surface area contributed by atoms with Gasteiger partial charge >= 0.3 is 0 Å². The van der Waals surface area contributed by atoms with Crippen molar-refractivity contribution in [3.63, 3.8) is 0 Å². The second-order valence-corrected chi connectivity index (χ2v) is 7.14. The lowest BCUT2D eigenvalue weighted by Gasteiger charge is -2.22. The molecule has 1 saturated carbocycles. The first-order valence-electron chi connectivity index (χ1n) is 7.61. The molecule has 1 N–H and O–H groups in total. The zero-order valence-corrected chi connectivity index (χ0v) is 12.7. The third kappa shape index (κ3) is 2.36. The van der Waals surface area contributed by atoms with Gasteiger partial charge in [0.1, 0.15) is 0 Å². The van der Waals surface area contributed by atoms with Crippen molar-refractivity contribution in [1.29, 1.82) is 0 Å². The van der Waals surface area contributed by atoms with Gasteiger partial charge in [-0.05, 0) is 36.7 Å². The van der Waals surface area contributed by atoms with Crippen molar-refractivity contribution in [2.24, 2.45) is 11.3 Å². The van der Waals surface area contributed by atoms with Crippen LogP contribution in [0.15, 0.2) is 29.6 Å². The Kier molecular flexibility index (Phi) is 3.23. The standard InChI is InChI=1S/C17H19NO2S/c19-16(14-11-21-15-4-2-1-3-13(14)15)18-10-12-9-17(12)5-7-20-8-6-17/h1-4,11-12H,5-10H2,(H,18,19). The summed E-state index contributed by atoms with van der Waals surface area (Å²) in [6.07, 6.45) is 3.57. The van der Waals surface area contributed by atoms with Crippen LogP contribution in [-0.4, -0.2) is 25.7 Å². The predicted octanol–water partition coefficient (Wildman–Crippen LogP) is 3.45. The molecular formula is C17H19NO2S. The Morgan fingerprint density at radius 2 is 2.14 bits per heavy atom. The number of thiophene rings is 1. The van der Waals surface area contributed by atoms with Crippen LogP contribution in [-0.2, 0) is 4.74 Å². The number of hydrogen-bond acceptors (Lipinski definition) is 3. The van der Waals surface area contributed by atoms with E-state index in [9.17, 15) is 4.79 Å². The van der Waals surface area contributed by atoms with E-state index in [0.717, 1.165) is 43.5 Å². The SMILES string of the molecule is O=C(NCC1CC12CCOCC2)c1csc2ccccc12. The van der Waals surface area contributed by atoms with Crippen LogP contribution in [0.1, 0.15) is 29.6 Å². The quantitative estimate of drug-likeness (QED) is 0.943. The van der Waals surface area contributed by atoms with E-state index in [2.05, 4.69) is 11.4 Å². The van der Waals surface area contributed by atoms with Crippen LogP contribution in [0.25, 0.3) is 10.1 Å². The summed E-state index contributed by atoms with van der Waals surface area (Å²) in [5.74, 6) is 0.719. The first-order chi connectivity index (χ1) is 10.3. The van der Waals surface area contributed by atoms with Crippen molar-refractivity contribution in [1.82, 2.24) is 5.32 Å². The van der Waals surface area contributed by atoms with Crippen molar-refractivity contribution >= 4 is 27.3 Å². The van der Waals surface area contributed by atoms with Gasteiger partial charge in [0, 0.05) is 35.2 Å². The highest BCUT2D eigenvalue weighted by Gasteiger charge is 2.53. The van der Waals surface area contributed by atoms with Gasteiger partial charge in [0.25, 0.3) is 5.91 Å². The zero-order valence-electron chi connectivity index (χ0n) is 11.9. The maximum absolute atomic E-state index is 12.4. The smallest absolute Gasteiger partial charge is 0.252 e. The fraction of sp³-hybridized carbons (Fsp3) is 0.471. The van der Waals surface area contributed by atoms with Gasteiger partial charge in [-0.25, -0.2) is 0 Å². The second kappa shape index (κ2) is 5.11. The number of nitrogens with one attached hydrogen (secondary N) is 1. The van der Waals surface area contributed by atoms with Crippen molar-refractivity contribution in [2.75, 3.05) is 19.8 Å². The van der Waals surface area contributed by atoms with Crippen LogP contribution in [0.2, 0.25) is 0 Å². The maximum Gasteiger partial charge on any atom is 0.252 e. The van der Waals surface area contributed by atoms with Gasteiger partial charge in [-0.1, -0.05) is 18.2 Å². The second-order valence-electron chi connectivity index (χ2n) is 6.23. The van der Waals surface area contributed by atoms with Crippen molar-refractivity contribution in [3.05, 3.63) is 35.2 Å². The highest BCUT2D eigenvalue weighted by atomic mass is 32.1. The van der Waals surface area contributed by atoms with Crippen molar-refractivity contribution in [3.8, 4) is 0 Å². The number of fused-ring (bicyclic) bond motifs is 1. The summed E-state index contributed by atoms with van der Waals surface area (Å²) < 4.78 is 6.62. The van der Waals surface area contributed by atoms with Crippen molar-refractivity contribution in [2.45, 2.75) is 19.3 Å². The minimum absolute atomic E-state index is 0.0709. The molecule has 0 radical (unpaired) electrons. The molecule has 2 aromatic rings. The lowest BCUT2D eigenvalue weighted by atomic mass is 9.94. The van der Waals surface area contributed by atoms with E-state index in [1.165, 1.54) is 11.1 Å². The average Bonchev–Trinajstić information content (AvgIpc) is 2.99. The number of rotatable bonds is 3. The highest BCUT2D eigenvalue weighted by molar-refractivity contribution is 7.17. The number of benzene rings is 1. The largest absolute Gasteiger partial charge is 0.381 e. The number of amides is 1. The van der Waals surface area contributed by atoms with Crippen LogP contribution in [0.5, 0.6) is 0 Å². The molecule has 4 heteroatoms. The summed E-state index contributed by atoms with van der Waals surface area (Å²) >= 11 is 1.64. The van der Waals surface area contributed by atoms with Crippen LogP contribution >= 0.6 is 11.3 Å². The molecule has 2 fully saturated rings. The number of hydrogen-bond donors (Lipinski definition) is 1. The fourth-order valence-electron chi connectivity index (χ4n) is 3.58. The Labute approximate surface area is 128 Å². The Morgan fingerprint density at radius 1 is 1.33 bits per heavy atom. The monoisotopic (exact) mass is 301 g/mol. The lowest BCUT2D eigenvalue weighted by molar-refractivity contribution is 0.0519. The third-order valence-electron chi connectivity index (χ3n) is 5.08. The van der Waals surface area contributed by atoms with Crippen LogP contribution < -0.4 is 5.32 Å². The van der Waals surface area contributed by atoms with E-state index >= 15 is 0 Å². The molecule has 0 bridgehead atoms. The predicted molar refractivity (Wildman–Crippen MR) is 84.8 cm³/mol. The molecule has 1 spiro atoms. The Hall–Kier alpha value is -1.39. The zero-order chi connectivity index (χ0) is 14.3. The van der Waals surface area contributed by atoms with E-state index in [1.807, 2.05) is 23.6 Å². The fourth-order valence-corrected chi connectivity index (χ4v) is 4.52. The molecule has 3 nitrogen and oxygen atoms in total. The minimum Gasteiger partial charge on any atom is -0.381 e. The van der Waals surface area contributed by atoms with Gasteiger partial charge in [0.15, 0.2) is 0 Å². The Bertz CT molecular complexity index is 672. The van der Waals surface area contributed by atoms with Gasteiger partial charge in [0.05, 0.1) is 5.56 Å². The van der Waals surface area contributed by atoms with Gasteiger partial charge in [-0.3, -0.25) is 4.79 Å². The normalized spacial score (nSPS) is 23.3. The van der Waals surface area contributed by atoms with Gasteiger partial charge in [-0.2, -0.15) is 0 Å². The minimum atomic E-state index is 0.0709. The summed E-state index contributed by atoms with van der Waals surface area (Å²) in [4.78, 5) is 12.4. The Morgan fingerprint density at radius 3 is 3.00 bits per heavy atom. The van der Waals surface area contributed by atoms with E-state index < -0.39 is 0 Å². The maximum atomic E-state index is 12.4. The van der Waals surface area contributed by atoms with Crippen LogP contribution in [0, 0.1) is 11.3 Å². The van der Waals surface area contributed by atoms with E-state index in [-0.39, 0.29) is 5.91 Å². The first-order valence-corrected chi connectivity index (χ1v) is 8.49. The third-order valence-corrected chi connectivity index (χ3v) is 6.05. The van der Waals surface area contributed by atoms with Crippen LogP contribution in [0.3, 0.4) is 0 Å². The molecule has 1 saturated heterocycles. The van der Waals surface area contributed by atoms with Crippen molar-refractivity contribution < 1.29 is 9.53 Å². The van der Waals surface area contributed by atoms with Gasteiger partial charge in [-0.15, -0.1) is 11.3 Å². The molecule has 1 aromatic carbocycles. The highest BCUT2D eigenvalue weighted by Crippen LogP contribution is 2.58. The number of carbonyl (C=O) groups is 1. The average molecular weight is 301 g/mol. The summed E-state index contributed by atoms with van der Waals surface area (Å²) in [7, 11) is 0. The molecule has 1 aromatic heterocycles. The first kappa shape index (κ1) is 13.3.